The van der Waals surface area contributed by atoms with E-state index in [1.54, 1.807) is 12.1 Å². The van der Waals surface area contributed by atoms with Crippen LogP contribution in [0.15, 0.2) is 12.1 Å². The molecule has 1 aromatic rings. The van der Waals surface area contributed by atoms with Crippen LogP contribution in [-0.2, 0) is 16.0 Å². The first-order valence-electron chi connectivity index (χ1n) is 7.24. The second kappa shape index (κ2) is 8.17. The third-order valence-corrected chi connectivity index (χ3v) is 3.18. The van der Waals surface area contributed by atoms with E-state index in [0.29, 0.717) is 31.2 Å². The number of rotatable bonds is 8. The van der Waals surface area contributed by atoms with Crippen molar-refractivity contribution in [2.75, 3.05) is 5.32 Å². The summed E-state index contributed by atoms with van der Waals surface area (Å²) in [6.45, 7) is 3.17. The normalized spacial score (nSPS) is 10.3. The molecule has 120 valence electrons. The number of carbonyl (C=O) groups is 3. The van der Waals surface area contributed by atoms with Gasteiger partial charge in [-0.3, -0.25) is 14.4 Å². The van der Waals surface area contributed by atoms with E-state index in [2.05, 4.69) is 5.32 Å². The number of ketones is 1. The zero-order valence-electron chi connectivity index (χ0n) is 12.8. The number of aromatic hydroxyl groups is 1. The zero-order valence-corrected chi connectivity index (χ0v) is 12.8. The fourth-order valence-corrected chi connectivity index (χ4v) is 2.16. The maximum Gasteiger partial charge on any atom is 0.303 e. The van der Waals surface area contributed by atoms with E-state index in [9.17, 15) is 19.5 Å². The van der Waals surface area contributed by atoms with E-state index >= 15 is 0 Å². The summed E-state index contributed by atoms with van der Waals surface area (Å²) in [5.74, 6) is -1.61. The van der Waals surface area contributed by atoms with Crippen LogP contribution >= 0.6 is 0 Å². The quantitative estimate of drug-likeness (QED) is 0.506. The molecule has 1 rings (SSSR count). The van der Waals surface area contributed by atoms with Gasteiger partial charge in [0.25, 0.3) is 0 Å². The molecule has 0 unspecified atom stereocenters. The Labute approximate surface area is 129 Å². The predicted molar refractivity (Wildman–Crippen MR) is 82.2 cm³/mol. The number of anilines is 1. The number of carboxylic acid groups (broad SMARTS) is 1. The Morgan fingerprint density at radius 2 is 1.86 bits per heavy atom. The number of carboxylic acids is 1. The first kappa shape index (κ1) is 17.7. The van der Waals surface area contributed by atoms with Crippen LogP contribution in [0.4, 0.5) is 5.69 Å². The molecule has 0 fully saturated rings. The summed E-state index contributed by atoms with van der Waals surface area (Å²) in [5.41, 5.74) is 0.897. The van der Waals surface area contributed by atoms with Gasteiger partial charge in [-0.2, -0.15) is 0 Å². The van der Waals surface area contributed by atoms with Crippen molar-refractivity contribution in [2.24, 2.45) is 0 Å². The average Bonchev–Trinajstić information content (AvgIpc) is 2.42. The van der Waals surface area contributed by atoms with Crippen molar-refractivity contribution in [2.45, 2.75) is 46.0 Å². The Morgan fingerprint density at radius 3 is 2.41 bits per heavy atom. The van der Waals surface area contributed by atoms with E-state index < -0.39 is 5.97 Å². The fourth-order valence-electron chi connectivity index (χ4n) is 2.16. The van der Waals surface area contributed by atoms with Crippen LogP contribution < -0.4 is 5.32 Å². The summed E-state index contributed by atoms with van der Waals surface area (Å²) in [5, 5.41) is 21.4. The van der Waals surface area contributed by atoms with Crippen LogP contribution in [0.2, 0.25) is 0 Å². The lowest BCUT2D eigenvalue weighted by atomic mass is 9.98. The summed E-state index contributed by atoms with van der Waals surface area (Å²) in [4.78, 5) is 33.9. The standard InChI is InChI=1S/C16H21NO5/c1-3-5-13(19)12-9-8-11(6-4-7-14(20)21)16(22)15(12)17-10(2)18/h8-9,22H,3-7H2,1-2H3,(H,17,18)(H,20,21). The van der Waals surface area contributed by atoms with Crippen LogP contribution in [0.25, 0.3) is 0 Å². The molecule has 0 saturated heterocycles. The average molecular weight is 307 g/mol. The van der Waals surface area contributed by atoms with Gasteiger partial charge in [-0.25, -0.2) is 0 Å². The molecule has 1 aromatic carbocycles. The Kier molecular flexibility index (Phi) is 6.56. The number of amides is 1. The van der Waals surface area contributed by atoms with E-state index in [1.807, 2.05) is 6.92 Å². The Balaban J connectivity index is 3.10. The van der Waals surface area contributed by atoms with Crippen molar-refractivity contribution in [1.29, 1.82) is 0 Å². The maximum absolute atomic E-state index is 12.1. The molecule has 0 aliphatic heterocycles. The van der Waals surface area contributed by atoms with E-state index in [-0.39, 0.29) is 35.1 Å². The number of aryl methyl sites for hydroxylation is 1. The van der Waals surface area contributed by atoms with Gasteiger partial charge in [-0.1, -0.05) is 13.0 Å². The number of hydrogen-bond donors (Lipinski definition) is 3. The molecule has 0 bridgehead atoms. The van der Waals surface area contributed by atoms with E-state index in [0.717, 1.165) is 0 Å². The molecular weight excluding hydrogens is 286 g/mol. The number of carbonyl (C=O) groups excluding carboxylic acids is 2. The molecule has 0 aliphatic rings. The molecule has 6 nitrogen and oxygen atoms in total. The molecule has 0 heterocycles. The van der Waals surface area contributed by atoms with E-state index in [1.165, 1.54) is 6.92 Å². The fraction of sp³-hybridized carbons (Fsp3) is 0.438. The van der Waals surface area contributed by atoms with Crippen LogP contribution in [0, 0.1) is 0 Å². The molecular formula is C16H21NO5. The smallest absolute Gasteiger partial charge is 0.303 e. The summed E-state index contributed by atoms with van der Waals surface area (Å²) in [6.07, 6.45) is 1.70. The second-order valence-corrected chi connectivity index (χ2v) is 5.10. The summed E-state index contributed by atoms with van der Waals surface area (Å²) in [6, 6.07) is 3.17. The molecule has 0 spiro atoms. The highest BCUT2D eigenvalue weighted by molar-refractivity contribution is 6.06. The van der Waals surface area contributed by atoms with Gasteiger partial charge in [0.2, 0.25) is 5.91 Å². The van der Waals surface area contributed by atoms with Gasteiger partial charge in [-0.05, 0) is 30.9 Å². The minimum atomic E-state index is -0.906. The van der Waals surface area contributed by atoms with Crippen molar-refractivity contribution < 1.29 is 24.6 Å². The van der Waals surface area contributed by atoms with Gasteiger partial charge in [-0.15, -0.1) is 0 Å². The zero-order chi connectivity index (χ0) is 16.7. The monoisotopic (exact) mass is 307 g/mol. The number of hydrogen-bond acceptors (Lipinski definition) is 4. The summed E-state index contributed by atoms with van der Waals surface area (Å²) < 4.78 is 0. The number of nitrogens with one attached hydrogen (secondary N) is 1. The first-order valence-corrected chi connectivity index (χ1v) is 7.24. The van der Waals surface area contributed by atoms with Gasteiger partial charge in [0.1, 0.15) is 5.75 Å². The summed E-state index contributed by atoms with van der Waals surface area (Å²) >= 11 is 0. The SMILES string of the molecule is CCCC(=O)c1ccc(CCCC(=O)O)c(O)c1NC(C)=O. The van der Waals surface area contributed by atoms with Gasteiger partial charge in [0, 0.05) is 25.3 Å². The van der Waals surface area contributed by atoms with Crippen molar-refractivity contribution in [3.05, 3.63) is 23.3 Å². The molecule has 22 heavy (non-hydrogen) atoms. The summed E-state index contributed by atoms with van der Waals surface area (Å²) in [7, 11) is 0. The van der Waals surface area contributed by atoms with Crippen LogP contribution in [0.1, 0.15) is 55.5 Å². The number of benzene rings is 1. The number of Topliss-reactive ketones (excluding diaryl/α,β-unsaturated/α-hetero) is 1. The van der Waals surface area contributed by atoms with Crippen LogP contribution in [0.3, 0.4) is 0 Å². The van der Waals surface area contributed by atoms with Gasteiger partial charge >= 0.3 is 5.97 Å². The molecule has 0 saturated carbocycles. The van der Waals surface area contributed by atoms with Crippen molar-refractivity contribution in [3.63, 3.8) is 0 Å². The van der Waals surface area contributed by atoms with Gasteiger partial charge in [0.15, 0.2) is 5.78 Å². The minimum Gasteiger partial charge on any atom is -0.505 e. The lowest BCUT2D eigenvalue weighted by Crippen LogP contribution is -2.12. The van der Waals surface area contributed by atoms with E-state index in [4.69, 9.17) is 5.11 Å². The highest BCUT2D eigenvalue weighted by Crippen LogP contribution is 2.33. The topological polar surface area (TPSA) is 104 Å². The number of aliphatic carboxylic acids is 1. The first-order chi connectivity index (χ1) is 10.4. The lowest BCUT2D eigenvalue weighted by Gasteiger charge is -2.14. The maximum atomic E-state index is 12.1. The van der Waals surface area contributed by atoms with Crippen molar-refractivity contribution in [1.82, 2.24) is 0 Å². The Bertz CT molecular complexity index is 580. The largest absolute Gasteiger partial charge is 0.505 e. The lowest BCUT2D eigenvalue weighted by molar-refractivity contribution is -0.137. The highest BCUT2D eigenvalue weighted by atomic mass is 16.4. The number of phenols is 1. The molecule has 0 radical (unpaired) electrons. The minimum absolute atomic E-state index is 0.00851. The molecule has 3 N–H and O–H groups in total. The predicted octanol–water partition coefficient (Wildman–Crippen LogP) is 2.74. The van der Waals surface area contributed by atoms with Crippen molar-refractivity contribution in [3.8, 4) is 5.75 Å². The third-order valence-electron chi connectivity index (χ3n) is 3.18. The van der Waals surface area contributed by atoms with Gasteiger partial charge < -0.3 is 15.5 Å². The molecule has 0 aromatic heterocycles. The van der Waals surface area contributed by atoms with Crippen molar-refractivity contribution >= 4 is 23.3 Å². The van der Waals surface area contributed by atoms with Gasteiger partial charge in [0.05, 0.1) is 5.69 Å². The molecule has 6 heteroatoms. The number of phenolic OH excluding ortho intramolecular Hbond substituents is 1. The van der Waals surface area contributed by atoms with Crippen LogP contribution in [-0.4, -0.2) is 27.9 Å². The molecule has 0 atom stereocenters. The third kappa shape index (κ3) is 4.87. The Hall–Kier alpha value is -2.37. The molecule has 1 amide bonds. The Morgan fingerprint density at radius 1 is 1.18 bits per heavy atom. The van der Waals surface area contributed by atoms with Crippen LogP contribution in [0.5, 0.6) is 5.75 Å². The highest BCUT2D eigenvalue weighted by Gasteiger charge is 2.18. The molecule has 0 aliphatic carbocycles. The second-order valence-electron chi connectivity index (χ2n) is 5.10.